The standard InChI is InChI=1S/C17H26N2/c1-2-15-8-3-4-9-16(15)19-13-7-12-18-17(14-19)10-5-6-11-17/h3-4,8-9,18H,2,5-7,10-14H2,1H3. The molecule has 1 aromatic rings. The van der Waals surface area contributed by atoms with Crippen molar-refractivity contribution in [2.45, 2.75) is 51.0 Å². The lowest BCUT2D eigenvalue weighted by atomic mass is 9.96. The van der Waals surface area contributed by atoms with Gasteiger partial charge >= 0.3 is 0 Å². The fraction of sp³-hybridized carbons (Fsp3) is 0.647. The molecule has 19 heavy (non-hydrogen) atoms. The summed E-state index contributed by atoms with van der Waals surface area (Å²) in [5.41, 5.74) is 3.37. The summed E-state index contributed by atoms with van der Waals surface area (Å²) in [5, 5.41) is 3.85. The zero-order chi connectivity index (χ0) is 13.1. The maximum atomic E-state index is 3.85. The minimum absolute atomic E-state index is 0.400. The molecule has 2 aliphatic rings. The topological polar surface area (TPSA) is 15.3 Å². The molecule has 1 saturated heterocycles. The van der Waals surface area contributed by atoms with E-state index < -0.39 is 0 Å². The molecule has 0 atom stereocenters. The fourth-order valence-electron chi connectivity index (χ4n) is 3.83. The largest absolute Gasteiger partial charge is 0.369 e. The maximum absolute atomic E-state index is 3.85. The van der Waals surface area contributed by atoms with Crippen molar-refractivity contribution >= 4 is 5.69 Å². The highest BCUT2D eigenvalue weighted by Gasteiger charge is 2.36. The lowest BCUT2D eigenvalue weighted by Gasteiger charge is -2.35. The average Bonchev–Trinajstić information content (AvgIpc) is 2.80. The molecule has 0 aromatic heterocycles. The number of aryl methyl sites for hydroxylation is 1. The maximum Gasteiger partial charge on any atom is 0.0399 e. The van der Waals surface area contributed by atoms with E-state index in [0.29, 0.717) is 5.54 Å². The Kier molecular flexibility index (Phi) is 3.79. The molecule has 1 N–H and O–H groups in total. The number of nitrogens with zero attached hydrogens (tertiary/aromatic N) is 1. The minimum Gasteiger partial charge on any atom is -0.369 e. The number of nitrogens with one attached hydrogen (secondary N) is 1. The van der Waals surface area contributed by atoms with E-state index in [2.05, 4.69) is 41.4 Å². The van der Waals surface area contributed by atoms with Gasteiger partial charge in [0.1, 0.15) is 0 Å². The van der Waals surface area contributed by atoms with Gasteiger partial charge in [0, 0.05) is 24.3 Å². The highest BCUT2D eigenvalue weighted by Crippen LogP contribution is 2.34. The van der Waals surface area contributed by atoms with Crippen molar-refractivity contribution in [3.63, 3.8) is 0 Å². The summed E-state index contributed by atoms with van der Waals surface area (Å²) >= 11 is 0. The molecule has 0 radical (unpaired) electrons. The zero-order valence-electron chi connectivity index (χ0n) is 12.1. The SMILES string of the molecule is CCc1ccccc1N1CCCNC2(CCCC2)C1. The molecule has 3 rings (SSSR count). The smallest absolute Gasteiger partial charge is 0.0399 e. The first-order chi connectivity index (χ1) is 9.33. The first-order valence-electron chi connectivity index (χ1n) is 7.91. The normalized spacial score (nSPS) is 22.7. The van der Waals surface area contributed by atoms with Crippen LogP contribution in [0.25, 0.3) is 0 Å². The number of rotatable bonds is 2. The van der Waals surface area contributed by atoms with Crippen LogP contribution in [0, 0.1) is 0 Å². The third-order valence-corrected chi connectivity index (χ3v) is 4.87. The Morgan fingerprint density at radius 3 is 2.74 bits per heavy atom. The average molecular weight is 258 g/mol. The van der Waals surface area contributed by atoms with Crippen molar-refractivity contribution in [1.82, 2.24) is 5.32 Å². The first-order valence-corrected chi connectivity index (χ1v) is 7.91. The molecule has 2 nitrogen and oxygen atoms in total. The van der Waals surface area contributed by atoms with Gasteiger partial charge in [-0.05, 0) is 43.9 Å². The van der Waals surface area contributed by atoms with Crippen LogP contribution in [0.3, 0.4) is 0 Å². The summed E-state index contributed by atoms with van der Waals surface area (Å²) in [4.78, 5) is 2.64. The number of hydrogen-bond acceptors (Lipinski definition) is 2. The third-order valence-electron chi connectivity index (χ3n) is 4.87. The zero-order valence-corrected chi connectivity index (χ0v) is 12.1. The second-order valence-corrected chi connectivity index (χ2v) is 6.17. The molecule has 2 fully saturated rings. The van der Waals surface area contributed by atoms with Gasteiger partial charge in [0.25, 0.3) is 0 Å². The van der Waals surface area contributed by atoms with Gasteiger partial charge in [0.15, 0.2) is 0 Å². The highest BCUT2D eigenvalue weighted by atomic mass is 15.2. The Balaban J connectivity index is 1.86. The van der Waals surface area contributed by atoms with Gasteiger partial charge in [-0.25, -0.2) is 0 Å². The number of benzene rings is 1. The Morgan fingerprint density at radius 1 is 1.16 bits per heavy atom. The second-order valence-electron chi connectivity index (χ2n) is 6.17. The predicted octanol–water partition coefficient (Wildman–Crippen LogP) is 3.36. The molecule has 0 bridgehead atoms. The molecular formula is C17H26N2. The van der Waals surface area contributed by atoms with Crippen molar-refractivity contribution in [1.29, 1.82) is 0 Å². The van der Waals surface area contributed by atoms with E-state index in [9.17, 15) is 0 Å². The summed E-state index contributed by atoms with van der Waals surface area (Å²) in [6, 6.07) is 8.96. The van der Waals surface area contributed by atoms with Crippen LogP contribution in [0.5, 0.6) is 0 Å². The van der Waals surface area contributed by atoms with E-state index >= 15 is 0 Å². The van der Waals surface area contributed by atoms with Crippen LogP contribution in [0.15, 0.2) is 24.3 Å². The molecular weight excluding hydrogens is 232 g/mol. The molecule has 1 spiro atoms. The van der Waals surface area contributed by atoms with E-state index in [1.165, 1.54) is 63.0 Å². The van der Waals surface area contributed by atoms with Crippen LogP contribution < -0.4 is 10.2 Å². The lowest BCUT2D eigenvalue weighted by Crippen LogP contribution is -2.49. The molecule has 1 aliphatic carbocycles. The minimum atomic E-state index is 0.400. The molecule has 0 unspecified atom stereocenters. The monoisotopic (exact) mass is 258 g/mol. The second kappa shape index (κ2) is 5.54. The molecule has 2 heteroatoms. The summed E-state index contributed by atoms with van der Waals surface area (Å²) in [7, 11) is 0. The van der Waals surface area contributed by atoms with Gasteiger partial charge in [-0.15, -0.1) is 0 Å². The molecule has 1 saturated carbocycles. The Morgan fingerprint density at radius 2 is 1.95 bits per heavy atom. The van der Waals surface area contributed by atoms with Crippen LogP contribution in [-0.2, 0) is 6.42 Å². The van der Waals surface area contributed by atoms with Crippen molar-refractivity contribution in [3.05, 3.63) is 29.8 Å². The van der Waals surface area contributed by atoms with Gasteiger partial charge in [0.2, 0.25) is 0 Å². The van der Waals surface area contributed by atoms with Crippen LogP contribution in [-0.4, -0.2) is 25.2 Å². The fourth-order valence-corrected chi connectivity index (χ4v) is 3.83. The van der Waals surface area contributed by atoms with Crippen LogP contribution >= 0.6 is 0 Å². The summed E-state index contributed by atoms with van der Waals surface area (Å²) < 4.78 is 0. The molecule has 1 aromatic carbocycles. The first kappa shape index (κ1) is 13.0. The van der Waals surface area contributed by atoms with Crippen LogP contribution in [0.1, 0.15) is 44.6 Å². The van der Waals surface area contributed by atoms with Crippen LogP contribution in [0.4, 0.5) is 5.69 Å². The Hall–Kier alpha value is -1.02. The summed E-state index contributed by atoms with van der Waals surface area (Å²) in [6.45, 7) is 5.85. The van der Waals surface area contributed by atoms with E-state index in [1.807, 2.05) is 0 Å². The molecule has 1 heterocycles. The van der Waals surface area contributed by atoms with Gasteiger partial charge in [-0.1, -0.05) is 38.0 Å². The Labute approximate surface area is 117 Å². The summed E-state index contributed by atoms with van der Waals surface area (Å²) in [5.74, 6) is 0. The van der Waals surface area contributed by atoms with Crippen molar-refractivity contribution in [2.24, 2.45) is 0 Å². The summed E-state index contributed by atoms with van der Waals surface area (Å²) in [6.07, 6.45) is 7.91. The van der Waals surface area contributed by atoms with Gasteiger partial charge < -0.3 is 10.2 Å². The van der Waals surface area contributed by atoms with Crippen molar-refractivity contribution < 1.29 is 0 Å². The number of hydrogen-bond donors (Lipinski definition) is 1. The van der Waals surface area contributed by atoms with E-state index in [1.54, 1.807) is 0 Å². The van der Waals surface area contributed by atoms with Gasteiger partial charge in [-0.2, -0.15) is 0 Å². The number of anilines is 1. The van der Waals surface area contributed by atoms with E-state index in [4.69, 9.17) is 0 Å². The molecule has 0 amide bonds. The molecule has 1 aliphatic heterocycles. The number of para-hydroxylation sites is 1. The van der Waals surface area contributed by atoms with Crippen molar-refractivity contribution in [3.8, 4) is 0 Å². The Bertz CT molecular complexity index is 421. The predicted molar refractivity (Wildman–Crippen MR) is 81.9 cm³/mol. The quantitative estimate of drug-likeness (QED) is 0.875. The lowest BCUT2D eigenvalue weighted by molar-refractivity contribution is 0.354. The molecule has 104 valence electrons. The van der Waals surface area contributed by atoms with Gasteiger partial charge in [-0.3, -0.25) is 0 Å². The third kappa shape index (κ3) is 2.64. The van der Waals surface area contributed by atoms with Gasteiger partial charge in [0.05, 0.1) is 0 Å². The van der Waals surface area contributed by atoms with Crippen LogP contribution in [0.2, 0.25) is 0 Å². The highest BCUT2D eigenvalue weighted by molar-refractivity contribution is 5.54. The van der Waals surface area contributed by atoms with E-state index in [0.717, 1.165) is 6.42 Å². The van der Waals surface area contributed by atoms with Crippen molar-refractivity contribution in [2.75, 3.05) is 24.5 Å². The van der Waals surface area contributed by atoms with E-state index in [-0.39, 0.29) is 0 Å².